The van der Waals surface area contributed by atoms with Gasteiger partial charge in [-0.25, -0.2) is 9.78 Å². The maximum atomic E-state index is 11.0. The van der Waals surface area contributed by atoms with Gasteiger partial charge in [0.25, 0.3) is 0 Å². The zero-order valence-corrected chi connectivity index (χ0v) is 11.0. The van der Waals surface area contributed by atoms with Crippen molar-refractivity contribution in [1.82, 2.24) is 4.98 Å². The van der Waals surface area contributed by atoms with E-state index in [9.17, 15) is 4.79 Å². The van der Waals surface area contributed by atoms with E-state index in [2.05, 4.69) is 10.3 Å². The van der Waals surface area contributed by atoms with Crippen LogP contribution in [0.25, 0.3) is 0 Å². The van der Waals surface area contributed by atoms with E-state index in [0.29, 0.717) is 12.4 Å². The van der Waals surface area contributed by atoms with Gasteiger partial charge in [-0.15, -0.1) is 0 Å². The van der Waals surface area contributed by atoms with Crippen molar-refractivity contribution < 1.29 is 14.6 Å². The van der Waals surface area contributed by atoms with Crippen LogP contribution in [0.2, 0.25) is 5.02 Å². The summed E-state index contributed by atoms with van der Waals surface area (Å²) in [4.78, 5) is 15.1. The van der Waals surface area contributed by atoms with Crippen molar-refractivity contribution in [2.75, 3.05) is 11.9 Å². The normalized spacial score (nSPS) is 27.2. The fraction of sp³-hybridized carbons (Fsp3) is 0.500. The van der Waals surface area contributed by atoms with Gasteiger partial charge in [0.1, 0.15) is 5.82 Å². The Morgan fingerprint density at radius 1 is 1.72 bits per heavy atom. The molecule has 2 unspecified atom stereocenters. The van der Waals surface area contributed by atoms with E-state index in [4.69, 9.17) is 21.4 Å². The summed E-state index contributed by atoms with van der Waals surface area (Å²) in [5.41, 5.74) is -0.194. The molecule has 2 atom stereocenters. The summed E-state index contributed by atoms with van der Waals surface area (Å²) in [6.45, 7) is 4.69. The second-order valence-corrected chi connectivity index (χ2v) is 5.07. The minimum absolute atomic E-state index is 0.0447. The third-order valence-corrected chi connectivity index (χ3v) is 3.69. The molecule has 0 bridgehead atoms. The summed E-state index contributed by atoms with van der Waals surface area (Å²) < 4.78 is 5.51. The summed E-state index contributed by atoms with van der Waals surface area (Å²) in [5, 5.41) is 12.4. The highest BCUT2D eigenvalue weighted by Crippen LogP contribution is 2.29. The van der Waals surface area contributed by atoms with Crippen molar-refractivity contribution in [3.8, 4) is 0 Å². The molecule has 1 aromatic rings. The Morgan fingerprint density at radius 2 is 2.44 bits per heavy atom. The maximum Gasteiger partial charge on any atom is 0.337 e. The van der Waals surface area contributed by atoms with Crippen LogP contribution in [-0.4, -0.2) is 34.3 Å². The number of ether oxygens (including phenoxy) is 1. The molecule has 1 aliphatic rings. The van der Waals surface area contributed by atoms with Gasteiger partial charge in [0.15, 0.2) is 0 Å². The van der Waals surface area contributed by atoms with E-state index in [1.807, 2.05) is 13.8 Å². The predicted molar refractivity (Wildman–Crippen MR) is 68.3 cm³/mol. The first-order chi connectivity index (χ1) is 8.42. The Balaban J connectivity index is 2.25. The highest BCUT2D eigenvalue weighted by Gasteiger charge is 2.37. The number of hydrogen-bond acceptors (Lipinski definition) is 4. The number of carboxylic acid groups (broad SMARTS) is 1. The van der Waals surface area contributed by atoms with Crippen molar-refractivity contribution in [2.45, 2.75) is 31.9 Å². The van der Waals surface area contributed by atoms with Crippen LogP contribution in [0.1, 0.15) is 30.6 Å². The fourth-order valence-corrected chi connectivity index (χ4v) is 2.15. The van der Waals surface area contributed by atoms with E-state index < -0.39 is 5.97 Å². The quantitative estimate of drug-likeness (QED) is 0.883. The topological polar surface area (TPSA) is 71.5 Å². The van der Waals surface area contributed by atoms with E-state index in [1.54, 1.807) is 0 Å². The lowest BCUT2D eigenvalue weighted by Gasteiger charge is -2.29. The van der Waals surface area contributed by atoms with Crippen LogP contribution in [0.3, 0.4) is 0 Å². The molecule has 0 aromatic carbocycles. The molecule has 1 fully saturated rings. The summed E-state index contributed by atoms with van der Waals surface area (Å²) >= 11 is 5.78. The minimum atomic E-state index is -1.06. The molecule has 0 aliphatic carbocycles. The molecule has 1 saturated heterocycles. The minimum Gasteiger partial charge on any atom is -0.478 e. The van der Waals surface area contributed by atoms with Gasteiger partial charge in [-0.2, -0.15) is 0 Å². The molecule has 0 spiro atoms. The first-order valence-corrected chi connectivity index (χ1v) is 6.09. The molecule has 0 amide bonds. The molecule has 0 saturated carbocycles. The number of anilines is 1. The van der Waals surface area contributed by atoms with Crippen molar-refractivity contribution in [1.29, 1.82) is 0 Å². The number of rotatable bonds is 3. The first kappa shape index (κ1) is 13.1. The van der Waals surface area contributed by atoms with Crippen LogP contribution in [-0.2, 0) is 4.74 Å². The smallest absolute Gasteiger partial charge is 0.337 e. The zero-order chi connectivity index (χ0) is 13.3. The average molecular weight is 271 g/mol. The van der Waals surface area contributed by atoms with E-state index in [0.717, 1.165) is 6.42 Å². The van der Waals surface area contributed by atoms with Crippen LogP contribution in [0, 0.1) is 0 Å². The molecule has 98 valence electrons. The van der Waals surface area contributed by atoms with Gasteiger partial charge in [0.2, 0.25) is 0 Å². The Bertz CT molecular complexity index is 480. The molecule has 5 nitrogen and oxygen atoms in total. The lowest BCUT2D eigenvalue weighted by atomic mass is 9.94. The molecule has 1 aliphatic heterocycles. The molecule has 18 heavy (non-hydrogen) atoms. The van der Waals surface area contributed by atoms with Gasteiger partial charge >= 0.3 is 5.97 Å². The number of nitrogens with zero attached hydrogens (tertiary/aromatic N) is 1. The number of pyridine rings is 1. The Morgan fingerprint density at radius 3 is 3.00 bits per heavy atom. The second-order valence-electron chi connectivity index (χ2n) is 4.66. The lowest BCUT2D eigenvalue weighted by molar-refractivity contribution is 0.0697. The van der Waals surface area contributed by atoms with Crippen LogP contribution in [0.15, 0.2) is 12.3 Å². The van der Waals surface area contributed by atoms with Crippen LogP contribution in [0.4, 0.5) is 5.82 Å². The maximum absolute atomic E-state index is 11.0. The molecular formula is C12H15ClN2O3. The summed E-state index contributed by atoms with van der Waals surface area (Å²) in [6.07, 6.45) is 2.24. The van der Waals surface area contributed by atoms with Crippen LogP contribution in [0.5, 0.6) is 0 Å². The number of carbonyl (C=O) groups is 1. The third kappa shape index (κ3) is 2.42. The molecule has 2 heterocycles. The van der Waals surface area contributed by atoms with Crippen LogP contribution >= 0.6 is 11.6 Å². The molecule has 6 heteroatoms. The average Bonchev–Trinajstić information content (AvgIpc) is 2.62. The SMILES string of the molecule is CC1OCCC1(C)Nc1cc(C(=O)O)c(Cl)cn1. The molecular weight excluding hydrogens is 256 g/mol. The summed E-state index contributed by atoms with van der Waals surface area (Å²) in [6, 6.07) is 1.45. The number of halogens is 1. The van der Waals surface area contributed by atoms with Crippen molar-refractivity contribution in [2.24, 2.45) is 0 Å². The van der Waals surface area contributed by atoms with E-state index >= 15 is 0 Å². The first-order valence-electron chi connectivity index (χ1n) is 5.71. The Kier molecular flexibility index (Phi) is 3.45. The van der Waals surface area contributed by atoms with Gasteiger partial charge in [-0.3, -0.25) is 0 Å². The second kappa shape index (κ2) is 4.74. The summed E-state index contributed by atoms with van der Waals surface area (Å²) in [5.74, 6) is -0.567. The third-order valence-electron chi connectivity index (χ3n) is 3.39. The van der Waals surface area contributed by atoms with Crippen molar-refractivity contribution in [3.63, 3.8) is 0 Å². The van der Waals surface area contributed by atoms with Gasteiger partial charge in [-0.1, -0.05) is 11.6 Å². The number of aromatic nitrogens is 1. The Labute approximate surface area is 110 Å². The lowest BCUT2D eigenvalue weighted by Crippen LogP contribution is -2.41. The number of aromatic carboxylic acids is 1. The predicted octanol–water partition coefficient (Wildman–Crippen LogP) is 2.41. The highest BCUT2D eigenvalue weighted by molar-refractivity contribution is 6.33. The largest absolute Gasteiger partial charge is 0.478 e. The molecule has 2 rings (SSSR count). The standard InChI is InChI=1S/C12H15ClN2O3/c1-7-12(2,3-4-18-7)15-10-5-8(11(16)17)9(13)6-14-10/h5-7H,3-4H2,1-2H3,(H,14,15)(H,16,17). The Hall–Kier alpha value is -1.33. The number of carboxylic acids is 1. The molecule has 0 radical (unpaired) electrons. The number of nitrogens with one attached hydrogen (secondary N) is 1. The van der Waals surface area contributed by atoms with Crippen molar-refractivity contribution >= 4 is 23.4 Å². The van der Waals surface area contributed by atoms with Crippen LogP contribution < -0.4 is 5.32 Å². The molecule has 1 aromatic heterocycles. The van der Waals surface area contributed by atoms with Crippen molar-refractivity contribution in [3.05, 3.63) is 22.8 Å². The zero-order valence-electron chi connectivity index (χ0n) is 10.2. The monoisotopic (exact) mass is 270 g/mol. The van der Waals surface area contributed by atoms with E-state index in [-0.39, 0.29) is 22.2 Å². The van der Waals surface area contributed by atoms with Gasteiger partial charge in [0, 0.05) is 12.8 Å². The van der Waals surface area contributed by atoms with Gasteiger partial charge in [-0.05, 0) is 26.3 Å². The number of hydrogen-bond donors (Lipinski definition) is 2. The fourth-order valence-electron chi connectivity index (χ4n) is 1.96. The molecule has 2 N–H and O–H groups in total. The van der Waals surface area contributed by atoms with Gasteiger partial charge < -0.3 is 15.2 Å². The van der Waals surface area contributed by atoms with Gasteiger partial charge in [0.05, 0.1) is 22.2 Å². The van der Waals surface area contributed by atoms with E-state index in [1.165, 1.54) is 12.3 Å². The summed E-state index contributed by atoms with van der Waals surface area (Å²) in [7, 11) is 0. The highest BCUT2D eigenvalue weighted by atomic mass is 35.5.